The van der Waals surface area contributed by atoms with E-state index >= 15 is 0 Å². The maximum atomic E-state index is 11.9. The van der Waals surface area contributed by atoms with Crippen molar-refractivity contribution in [2.75, 3.05) is 0 Å². The number of hydrogen-bond donors (Lipinski definition) is 0. The molecule has 3 atom stereocenters. The van der Waals surface area contributed by atoms with Crippen LogP contribution in [0.5, 0.6) is 0 Å². The fourth-order valence-corrected chi connectivity index (χ4v) is 3.00. The number of hydrogen-bond acceptors (Lipinski definition) is 3. The maximum Gasteiger partial charge on any atom is 0.317 e. The molecule has 3 heteroatoms. The Hall–Kier alpha value is -1.90. The normalized spacial score (nSPS) is 20.6. The quantitative estimate of drug-likeness (QED) is 0.202. The summed E-state index contributed by atoms with van der Waals surface area (Å²) < 4.78 is 4.74. The van der Waals surface area contributed by atoms with Gasteiger partial charge >= 0.3 is 11.9 Å². The van der Waals surface area contributed by atoms with Crippen LogP contribution in [0.1, 0.15) is 58.8 Å². The summed E-state index contributed by atoms with van der Waals surface area (Å²) in [5.41, 5.74) is 0. The van der Waals surface area contributed by atoms with E-state index < -0.39 is 5.97 Å². The summed E-state index contributed by atoms with van der Waals surface area (Å²) in [4.78, 5) is 23.3. The van der Waals surface area contributed by atoms with Gasteiger partial charge in [-0.25, -0.2) is 0 Å². The van der Waals surface area contributed by atoms with Crippen molar-refractivity contribution in [3.05, 3.63) is 49.1 Å². The Labute approximate surface area is 152 Å². The molecule has 1 saturated heterocycles. The predicted octanol–water partition coefficient (Wildman–Crippen LogP) is 5.54. The summed E-state index contributed by atoms with van der Waals surface area (Å²) >= 11 is 0. The van der Waals surface area contributed by atoms with Crippen LogP contribution in [0.2, 0.25) is 0 Å². The van der Waals surface area contributed by atoms with Gasteiger partial charge in [-0.15, -0.1) is 6.58 Å². The molecular formula is C22H32O3. The van der Waals surface area contributed by atoms with E-state index in [4.69, 9.17) is 4.74 Å². The molecule has 25 heavy (non-hydrogen) atoms. The van der Waals surface area contributed by atoms with Crippen LogP contribution in [0.3, 0.4) is 0 Å². The van der Waals surface area contributed by atoms with Gasteiger partial charge < -0.3 is 4.74 Å². The minimum Gasteiger partial charge on any atom is -0.393 e. The van der Waals surface area contributed by atoms with Gasteiger partial charge in [-0.3, -0.25) is 9.59 Å². The molecule has 3 unspecified atom stereocenters. The Kier molecular flexibility index (Phi) is 10.5. The topological polar surface area (TPSA) is 43.4 Å². The lowest BCUT2D eigenvalue weighted by Crippen LogP contribution is -2.20. The molecule has 3 nitrogen and oxygen atoms in total. The average molecular weight is 344 g/mol. The van der Waals surface area contributed by atoms with Crippen molar-refractivity contribution in [2.24, 2.45) is 17.8 Å². The van der Waals surface area contributed by atoms with Crippen molar-refractivity contribution < 1.29 is 14.3 Å². The third-order valence-electron chi connectivity index (χ3n) is 4.58. The summed E-state index contributed by atoms with van der Waals surface area (Å²) in [5, 5.41) is 0. The molecule has 0 aromatic rings. The molecule has 0 saturated carbocycles. The highest BCUT2D eigenvalue weighted by atomic mass is 16.6. The number of allylic oxidation sites excluding steroid dienone is 7. The first kappa shape index (κ1) is 21.1. The SMILES string of the molecule is C=CC(CC)CC(/C=C/C/C=C/CC/C=C\CC)C1CC(=O)OC1=O. The van der Waals surface area contributed by atoms with Crippen LogP contribution in [0.15, 0.2) is 49.1 Å². The molecule has 0 aromatic heterocycles. The van der Waals surface area contributed by atoms with E-state index in [1.54, 1.807) is 0 Å². The third kappa shape index (κ3) is 8.15. The first-order chi connectivity index (χ1) is 12.1. The van der Waals surface area contributed by atoms with E-state index in [0.29, 0.717) is 5.92 Å². The minimum atomic E-state index is -0.403. The third-order valence-corrected chi connectivity index (χ3v) is 4.58. The van der Waals surface area contributed by atoms with E-state index in [9.17, 15) is 9.59 Å². The van der Waals surface area contributed by atoms with Gasteiger partial charge in [0.1, 0.15) is 0 Å². The van der Waals surface area contributed by atoms with Crippen LogP contribution >= 0.6 is 0 Å². The molecule has 0 radical (unpaired) electrons. The predicted molar refractivity (Wildman–Crippen MR) is 103 cm³/mol. The summed E-state index contributed by atoms with van der Waals surface area (Å²) in [6, 6.07) is 0. The molecule has 1 aliphatic rings. The van der Waals surface area contributed by atoms with E-state index in [0.717, 1.165) is 38.5 Å². The molecule has 0 bridgehead atoms. The summed E-state index contributed by atoms with van der Waals surface area (Å²) in [6.45, 7) is 8.12. The second kappa shape index (κ2) is 12.5. The van der Waals surface area contributed by atoms with Gasteiger partial charge in [0, 0.05) is 0 Å². The second-order valence-corrected chi connectivity index (χ2v) is 6.50. The molecule has 1 rings (SSSR count). The van der Waals surface area contributed by atoms with Crippen LogP contribution in [0, 0.1) is 17.8 Å². The molecule has 138 valence electrons. The standard InChI is InChI=1S/C22H32O3/c1-4-7-8-9-10-11-12-13-14-15-19(16-18(5-2)6-3)20-17-21(23)25-22(20)24/h5,7-8,11-12,14-15,18-20H,2,4,6,9-10,13,16-17H2,1,3H3/b8-7-,12-11+,15-14+. The molecule has 0 amide bonds. The molecular weight excluding hydrogens is 312 g/mol. The lowest BCUT2D eigenvalue weighted by Gasteiger charge is -2.20. The van der Waals surface area contributed by atoms with E-state index in [-0.39, 0.29) is 24.2 Å². The summed E-state index contributed by atoms with van der Waals surface area (Å²) in [5.74, 6) is -0.750. The maximum absolute atomic E-state index is 11.9. The number of carbonyl (C=O) groups is 2. The lowest BCUT2D eigenvalue weighted by atomic mass is 9.82. The zero-order valence-electron chi connectivity index (χ0n) is 15.7. The fraction of sp³-hybridized carbons (Fsp3) is 0.545. The van der Waals surface area contributed by atoms with E-state index in [1.165, 1.54) is 0 Å². The minimum absolute atomic E-state index is 0.0304. The van der Waals surface area contributed by atoms with Gasteiger partial charge in [-0.05, 0) is 50.4 Å². The zero-order chi connectivity index (χ0) is 18.5. The van der Waals surface area contributed by atoms with Crippen LogP contribution in [0.25, 0.3) is 0 Å². The van der Waals surface area contributed by atoms with Gasteiger partial charge in [-0.2, -0.15) is 0 Å². The molecule has 0 aromatic carbocycles. The molecule has 0 aliphatic carbocycles. The average Bonchev–Trinajstić information content (AvgIpc) is 2.94. The van der Waals surface area contributed by atoms with Crippen molar-refractivity contribution in [1.82, 2.24) is 0 Å². The Morgan fingerprint density at radius 3 is 2.40 bits per heavy atom. The highest BCUT2D eigenvalue weighted by Gasteiger charge is 2.38. The summed E-state index contributed by atoms with van der Waals surface area (Å²) in [6.07, 6.45) is 20.9. The smallest absolute Gasteiger partial charge is 0.317 e. The lowest BCUT2D eigenvalue weighted by molar-refractivity contribution is -0.153. The summed E-state index contributed by atoms with van der Waals surface area (Å²) in [7, 11) is 0. The van der Waals surface area contributed by atoms with Crippen LogP contribution in [0.4, 0.5) is 0 Å². The van der Waals surface area contributed by atoms with Crippen molar-refractivity contribution in [2.45, 2.75) is 58.8 Å². The number of rotatable bonds is 12. The Morgan fingerprint density at radius 2 is 1.84 bits per heavy atom. The second-order valence-electron chi connectivity index (χ2n) is 6.50. The molecule has 1 heterocycles. The number of esters is 2. The highest BCUT2D eigenvalue weighted by molar-refractivity contribution is 5.94. The Morgan fingerprint density at radius 1 is 1.12 bits per heavy atom. The van der Waals surface area contributed by atoms with Gasteiger partial charge in [0.25, 0.3) is 0 Å². The number of cyclic esters (lactones) is 2. The first-order valence-electron chi connectivity index (χ1n) is 9.46. The van der Waals surface area contributed by atoms with Gasteiger partial charge in [0.05, 0.1) is 12.3 Å². The molecule has 1 aliphatic heterocycles. The van der Waals surface area contributed by atoms with Crippen molar-refractivity contribution in [1.29, 1.82) is 0 Å². The zero-order valence-corrected chi connectivity index (χ0v) is 15.7. The highest BCUT2D eigenvalue weighted by Crippen LogP contribution is 2.31. The van der Waals surface area contributed by atoms with Gasteiger partial charge in [-0.1, -0.05) is 56.4 Å². The number of ether oxygens (including phenoxy) is 1. The van der Waals surface area contributed by atoms with E-state index in [2.05, 4.69) is 56.9 Å². The van der Waals surface area contributed by atoms with Crippen LogP contribution < -0.4 is 0 Å². The monoisotopic (exact) mass is 344 g/mol. The molecule has 0 N–H and O–H groups in total. The molecule has 0 spiro atoms. The van der Waals surface area contributed by atoms with Gasteiger partial charge in [0.15, 0.2) is 0 Å². The fourth-order valence-electron chi connectivity index (χ4n) is 3.00. The van der Waals surface area contributed by atoms with Crippen LogP contribution in [-0.4, -0.2) is 11.9 Å². The number of carbonyl (C=O) groups excluding carboxylic acids is 2. The van der Waals surface area contributed by atoms with Gasteiger partial charge in [0.2, 0.25) is 0 Å². The van der Waals surface area contributed by atoms with E-state index in [1.807, 2.05) is 6.08 Å². The molecule has 1 fully saturated rings. The van der Waals surface area contributed by atoms with Crippen LogP contribution in [-0.2, 0) is 14.3 Å². The Bertz CT molecular complexity index is 513. The van der Waals surface area contributed by atoms with Crippen molar-refractivity contribution >= 4 is 11.9 Å². The Balaban J connectivity index is 2.56. The number of unbranched alkanes of at least 4 members (excludes halogenated alkanes) is 1. The first-order valence-corrected chi connectivity index (χ1v) is 9.46. The largest absolute Gasteiger partial charge is 0.393 e. The van der Waals surface area contributed by atoms with Crippen molar-refractivity contribution in [3.8, 4) is 0 Å². The van der Waals surface area contributed by atoms with Crippen molar-refractivity contribution in [3.63, 3.8) is 0 Å².